The molecule has 2 aromatic rings. The molecule has 0 amide bonds. The van der Waals surface area contributed by atoms with Crippen LogP contribution in [0.15, 0.2) is 30.7 Å². The van der Waals surface area contributed by atoms with Gasteiger partial charge in [0.1, 0.15) is 6.33 Å². The average molecular weight is 238 g/mol. The van der Waals surface area contributed by atoms with Gasteiger partial charge >= 0.3 is 0 Å². The van der Waals surface area contributed by atoms with E-state index in [9.17, 15) is 0 Å². The molecule has 0 aliphatic rings. The molecule has 0 fully saturated rings. The fraction of sp³-hybridized carbons (Fsp3) is 0. The van der Waals surface area contributed by atoms with E-state index >= 15 is 0 Å². The van der Waals surface area contributed by atoms with Crippen molar-refractivity contribution in [2.75, 3.05) is 0 Å². The number of rotatable bonds is 0. The smallest absolute Gasteiger partial charge is 0.116 e. The molecule has 13 heavy (non-hydrogen) atoms. The van der Waals surface area contributed by atoms with Gasteiger partial charge in [-0.15, -0.1) is 24.8 Å². The minimum Gasteiger partial charge on any atom is -0.244 e. The van der Waals surface area contributed by atoms with E-state index in [1.54, 1.807) is 6.20 Å². The maximum Gasteiger partial charge on any atom is 0.116 e. The summed E-state index contributed by atoms with van der Waals surface area (Å²) in [6, 6.07) is 5.53. The van der Waals surface area contributed by atoms with Gasteiger partial charge in [0, 0.05) is 16.6 Å². The van der Waals surface area contributed by atoms with E-state index in [0.29, 0.717) is 5.02 Å². The third-order valence-electron chi connectivity index (χ3n) is 1.47. The molecule has 0 aliphatic carbocycles. The molecule has 1 aromatic heterocycles. The Morgan fingerprint density at radius 3 is 2.69 bits per heavy atom. The molecule has 1 aromatic carbocycles. The highest BCUT2D eigenvalue weighted by Gasteiger charge is 1.92. The zero-order valence-corrected chi connectivity index (χ0v) is 8.86. The molecule has 2 rings (SSSR count). The van der Waals surface area contributed by atoms with Crippen molar-refractivity contribution in [1.29, 1.82) is 0 Å². The van der Waals surface area contributed by atoms with Gasteiger partial charge in [0.25, 0.3) is 0 Å². The summed E-state index contributed by atoms with van der Waals surface area (Å²) in [5.41, 5.74) is 0.921. The molecule has 70 valence electrons. The molecule has 2 nitrogen and oxygen atoms in total. The zero-order valence-electron chi connectivity index (χ0n) is 6.48. The first-order valence-electron chi connectivity index (χ1n) is 3.21. The van der Waals surface area contributed by atoms with Gasteiger partial charge in [0.05, 0.1) is 5.52 Å². The van der Waals surface area contributed by atoms with Gasteiger partial charge in [0.2, 0.25) is 0 Å². The Morgan fingerprint density at radius 2 is 1.92 bits per heavy atom. The Labute approximate surface area is 93.2 Å². The predicted molar refractivity (Wildman–Crippen MR) is 59.0 cm³/mol. The number of hydrogen-bond donors (Lipinski definition) is 0. The van der Waals surface area contributed by atoms with E-state index in [1.807, 2.05) is 18.2 Å². The molecule has 0 saturated carbocycles. The quantitative estimate of drug-likeness (QED) is 0.703. The topological polar surface area (TPSA) is 25.8 Å². The van der Waals surface area contributed by atoms with E-state index in [-0.39, 0.29) is 24.8 Å². The van der Waals surface area contributed by atoms with Crippen LogP contribution in [0.2, 0.25) is 5.02 Å². The zero-order chi connectivity index (χ0) is 7.68. The van der Waals surface area contributed by atoms with E-state index < -0.39 is 0 Å². The van der Waals surface area contributed by atoms with Crippen molar-refractivity contribution in [3.05, 3.63) is 35.7 Å². The molecule has 0 spiro atoms. The van der Waals surface area contributed by atoms with Crippen LogP contribution in [0.4, 0.5) is 0 Å². The van der Waals surface area contributed by atoms with Gasteiger partial charge in [-0.3, -0.25) is 0 Å². The SMILES string of the molecule is Cl.Cl.Clc1ccc2ncncc2c1. The van der Waals surface area contributed by atoms with Gasteiger partial charge in [-0.05, 0) is 18.2 Å². The van der Waals surface area contributed by atoms with Crippen LogP contribution >= 0.6 is 36.4 Å². The molecular weight excluding hydrogens is 230 g/mol. The minimum atomic E-state index is 0. The number of fused-ring (bicyclic) bond motifs is 1. The molecule has 0 atom stereocenters. The largest absolute Gasteiger partial charge is 0.244 e. The van der Waals surface area contributed by atoms with Crippen LogP contribution in [0.25, 0.3) is 10.9 Å². The van der Waals surface area contributed by atoms with Crippen LogP contribution < -0.4 is 0 Å². The fourth-order valence-corrected chi connectivity index (χ4v) is 1.14. The van der Waals surface area contributed by atoms with Crippen molar-refractivity contribution in [2.45, 2.75) is 0 Å². The Hall–Kier alpha value is -0.570. The van der Waals surface area contributed by atoms with Crippen molar-refractivity contribution < 1.29 is 0 Å². The van der Waals surface area contributed by atoms with E-state index in [0.717, 1.165) is 10.9 Å². The first-order chi connectivity index (χ1) is 5.36. The van der Waals surface area contributed by atoms with Crippen molar-refractivity contribution in [1.82, 2.24) is 9.97 Å². The van der Waals surface area contributed by atoms with Crippen LogP contribution in [0, 0.1) is 0 Å². The van der Waals surface area contributed by atoms with Gasteiger partial charge in [-0.25, -0.2) is 9.97 Å². The summed E-state index contributed by atoms with van der Waals surface area (Å²) in [6.07, 6.45) is 3.27. The summed E-state index contributed by atoms with van der Waals surface area (Å²) in [5.74, 6) is 0. The first kappa shape index (κ1) is 12.4. The van der Waals surface area contributed by atoms with Crippen LogP contribution in [0.5, 0.6) is 0 Å². The second kappa shape index (κ2) is 5.22. The summed E-state index contributed by atoms with van der Waals surface area (Å²) in [4.78, 5) is 7.94. The van der Waals surface area contributed by atoms with Crippen molar-refractivity contribution in [3.8, 4) is 0 Å². The molecule has 1 heterocycles. The Balaban J connectivity index is 0.000000720. The second-order valence-electron chi connectivity index (χ2n) is 2.23. The third-order valence-corrected chi connectivity index (χ3v) is 1.70. The number of hydrogen-bond acceptors (Lipinski definition) is 2. The lowest BCUT2D eigenvalue weighted by atomic mass is 10.2. The molecule has 0 bridgehead atoms. The molecule has 0 aliphatic heterocycles. The Bertz CT molecular complexity index is 392. The van der Waals surface area contributed by atoms with Gasteiger partial charge in [0.15, 0.2) is 0 Å². The van der Waals surface area contributed by atoms with E-state index in [2.05, 4.69) is 9.97 Å². The first-order valence-corrected chi connectivity index (χ1v) is 3.59. The van der Waals surface area contributed by atoms with Gasteiger partial charge in [-0.1, -0.05) is 11.6 Å². The highest BCUT2D eigenvalue weighted by Crippen LogP contribution is 2.15. The summed E-state index contributed by atoms with van der Waals surface area (Å²) in [5, 5.41) is 1.69. The normalized spacial score (nSPS) is 8.69. The fourth-order valence-electron chi connectivity index (χ4n) is 0.956. The van der Waals surface area contributed by atoms with Crippen LogP contribution in [-0.4, -0.2) is 9.97 Å². The molecule has 5 heteroatoms. The number of halogens is 3. The van der Waals surface area contributed by atoms with Crippen molar-refractivity contribution in [2.24, 2.45) is 0 Å². The minimum absolute atomic E-state index is 0. The summed E-state index contributed by atoms with van der Waals surface area (Å²) in [6.45, 7) is 0. The Kier molecular flexibility index (Phi) is 4.99. The highest BCUT2D eigenvalue weighted by molar-refractivity contribution is 6.31. The standard InChI is InChI=1S/C8H5ClN2.2ClH/c9-7-1-2-8-6(3-7)4-10-5-11-8;;/h1-5H;2*1H. The predicted octanol–water partition coefficient (Wildman–Crippen LogP) is 3.13. The second-order valence-corrected chi connectivity index (χ2v) is 2.66. The third kappa shape index (κ3) is 2.69. The molecule has 0 saturated heterocycles. The lowest BCUT2D eigenvalue weighted by Crippen LogP contribution is -1.79. The monoisotopic (exact) mass is 236 g/mol. The molecule has 0 N–H and O–H groups in total. The lowest BCUT2D eigenvalue weighted by molar-refractivity contribution is 1.22. The Morgan fingerprint density at radius 1 is 1.15 bits per heavy atom. The average Bonchev–Trinajstić information content (AvgIpc) is 2.04. The van der Waals surface area contributed by atoms with E-state index in [4.69, 9.17) is 11.6 Å². The summed E-state index contributed by atoms with van der Waals surface area (Å²) >= 11 is 5.76. The number of nitrogens with zero attached hydrogens (tertiary/aromatic N) is 2. The number of benzene rings is 1. The van der Waals surface area contributed by atoms with Crippen molar-refractivity contribution >= 4 is 47.3 Å². The molecule has 0 unspecified atom stereocenters. The van der Waals surface area contributed by atoms with Crippen LogP contribution in [-0.2, 0) is 0 Å². The molecular formula is C8H7Cl3N2. The van der Waals surface area contributed by atoms with E-state index in [1.165, 1.54) is 6.33 Å². The highest BCUT2D eigenvalue weighted by atomic mass is 35.5. The van der Waals surface area contributed by atoms with Crippen LogP contribution in [0.3, 0.4) is 0 Å². The van der Waals surface area contributed by atoms with Crippen LogP contribution in [0.1, 0.15) is 0 Å². The molecule has 0 radical (unpaired) electrons. The van der Waals surface area contributed by atoms with Crippen molar-refractivity contribution in [3.63, 3.8) is 0 Å². The number of aromatic nitrogens is 2. The summed E-state index contributed by atoms with van der Waals surface area (Å²) in [7, 11) is 0. The lowest BCUT2D eigenvalue weighted by Gasteiger charge is -1.94. The maximum absolute atomic E-state index is 5.76. The summed E-state index contributed by atoms with van der Waals surface area (Å²) < 4.78 is 0. The van der Waals surface area contributed by atoms with Gasteiger partial charge < -0.3 is 0 Å². The maximum atomic E-state index is 5.76. The van der Waals surface area contributed by atoms with Gasteiger partial charge in [-0.2, -0.15) is 0 Å².